The highest BCUT2D eigenvalue weighted by atomic mass is 19.1. The molecule has 2 aromatic rings. The van der Waals surface area contributed by atoms with Crippen molar-refractivity contribution in [1.29, 1.82) is 0 Å². The summed E-state index contributed by atoms with van der Waals surface area (Å²) in [6.07, 6.45) is 3.22. The summed E-state index contributed by atoms with van der Waals surface area (Å²) in [4.78, 5) is 14.8. The molecular weight excluding hydrogens is 231 g/mol. The second-order valence-electron chi connectivity index (χ2n) is 4.38. The second-order valence-corrected chi connectivity index (χ2v) is 4.38. The highest BCUT2D eigenvalue weighted by molar-refractivity contribution is 5.97. The molecule has 1 heterocycles. The van der Waals surface area contributed by atoms with Crippen LogP contribution in [0, 0.1) is 5.82 Å². The van der Waals surface area contributed by atoms with Gasteiger partial charge in [0.2, 0.25) is 0 Å². The Morgan fingerprint density at radius 1 is 1.33 bits per heavy atom. The summed E-state index contributed by atoms with van der Waals surface area (Å²) in [7, 11) is 0. The number of carbonyl (C=O) groups is 1. The van der Waals surface area contributed by atoms with Gasteiger partial charge in [-0.1, -0.05) is 19.8 Å². The molecule has 3 nitrogen and oxygen atoms in total. The average Bonchev–Trinajstić information content (AvgIpc) is 2.77. The van der Waals surface area contributed by atoms with Crippen LogP contribution < -0.4 is 5.32 Å². The molecule has 96 valence electrons. The number of hydrogen-bond donors (Lipinski definition) is 2. The van der Waals surface area contributed by atoms with Crippen molar-refractivity contribution in [2.24, 2.45) is 0 Å². The molecule has 2 N–H and O–H groups in total. The van der Waals surface area contributed by atoms with E-state index < -0.39 is 0 Å². The molecule has 0 aliphatic carbocycles. The minimum absolute atomic E-state index is 0.136. The lowest BCUT2D eigenvalue weighted by Gasteiger charge is -2.02. The molecule has 0 bridgehead atoms. The third-order valence-corrected chi connectivity index (χ3v) is 2.89. The Kier molecular flexibility index (Phi) is 3.97. The van der Waals surface area contributed by atoms with Gasteiger partial charge in [0.05, 0.1) is 0 Å². The quantitative estimate of drug-likeness (QED) is 0.784. The maximum atomic E-state index is 13.0. The van der Waals surface area contributed by atoms with Gasteiger partial charge in [-0.3, -0.25) is 4.79 Å². The molecule has 18 heavy (non-hydrogen) atoms. The van der Waals surface area contributed by atoms with Gasteiger partial charge < -0.3 is 10.3 Å². The summed E-state index contributed by atoms with van der Waals surface area (Å²) in [5, 5.41) is 3.56. The van der Waals surface area contributed by atoms with Crippen molar-refractivity contribution in [3.05, 3.63) is 35.8 Å². The Bertz CT molecular complexity index is 548. The van der Waals surface area contributed by atoms with Gasteiger partial charge in [0.25, 0.3) is 5.91 Å². The molecule has 0 unspecified atom stereocenters. The highest BCUT2D eigenvalue weighted by Crippen LogP contribution is 2.16. The molecule has 0 saturated heterocycles. The summed E-state index contributed by atoms with van der Waals surface area (Å²) < 4.78 is 13.0. The number of aromatic amines is 1. The fourth-order valence-electron chi connectivity index (χ4n) is 1.90. The van der Waals surface area contributed by atoms with E-state index >= 15 is 0 Å². The molecule has 0 atom stereocenters. The molecule has 1 aromatic carbocycles. The minimum Gasteiger partial charge on any atom is -0.351 e. The van der Waals surface area contributed by atoms with E-state index in [1.165, 1.54) is 12.1 Å². The Morgan fingerprint density at radius 2 is 2.17 bits per heavy atom. The molecule has 1 aromatic heterocycles. The first-order chi connectivity index (χ1) is 8.70. The molecule has 0 radical (unpaired) electrons. The molecule has 1 amide bonds. The maximum absolute atomic E-state index is 13.0. The Hall–Kier alpha value is -1.84. The first-order valence-electron chi connectivity index (χ1n) is 6.27. The van der Waals surface area contributed by atoms with Crippen LogP contribution in [-0.2, 0) is 0 Å². The van der Waals surface area contributed by atoms with Gasteiger partial charge in [0.1, 0.15) is 11.5 Å². The van der Waals surface area contributed by atoms with Crippen LogP contribution in [0.3, 0.4) is 0 Å². The van der Waals surface area contributed by atoms with Crippen molar-refractivity contribution in [3.63, 3.8) is 0 Å². The van der Waals surface area contributed by atoms with Crippen molar-refractivity contribution < 1.29 is 9.18 Å². The predicted octanol–water partition coefficient (Wildman–Crippen LogP) is 3.23. The number of H-pyrrole nitrogens is 1. The summed E-state index contributed by atoms with van der Waals surface area (Å²) >= 11 is 0. The molecule has 0 fully saturated rings. The van der Waals surface area contributed by atoms with Gasteiger partial charge >= 0.3 is 0 Å². The fourth-order valence-corrected chi connectivity index (χ4v) is 1.90. The first-order valence-corrected chi connectivity index (χ1v) is 6.27. The van der Waals surface area contributed by atoms with Crippen molar-refractivity contribution in [2.45, 2.75) is 26.2 Å². The zero-order chi connectivity index (χ0) is 13.0. The van der Waals surface area contributed by atoms with Crippen molar-refractivity contribution >= 4 is 16.8 Å². The van der Waals surface area contributed by atoms with E-state index in [1.54, 1.807) is 12.1 Å². The number of nitrogens with one attached hydrogen (secondary N) is 2. The van der Waals surface area contributed by atoms with Gasteiger partial charge in [0.15, 0.2) is 0 Å². The van der Waals surface area contributed by atoms with E-state index in [9.17, 15) is 9.18 Å². The van der Waals surface area contributed by atoms with Crippen LogP contribution in [0.15, 0.2) is 24.3 Å². The molecular formula is C14H17FN2O. The number of amides is 1. The molecule has 0 saturated carbocycles. The lowest BCUT2D eigenvalue weighted by molar-refractivity contribution is 0.0949. The van der Waals surface area contributed by atoms with Crippen molar-refractivity contribution in [3.8, 4) is 0 Å². The summed E-state index contributed by atoms with van der Waals surface area (Å²) in [6.45, 7) is 2.80. The van der Waals surface area contributed by atoms with Crippen molar-refractivity contribution in [1.82, 2.24) is 10.3 Å². The number of aromatic nitrogens is 1. The van der Waals surface area contributed by atoms with Crippen LogP contribution in [0.2, 0.25) is 0 Å². The smallest absolute Gasteiger partial charge is 0.267 e. The van der Waals surface area contributed by atoms with Crippen LogP contribution in [0.4, 0.5) is 4.39 Å². The molecule has 4 heteroatoms. The standard InChI is InChI=1S/C14H17FN2O/c1-2-3-4-7-16-14(18)13-9-10-8-11(15)5-6-12(10)17-13/h5-6,8-9,17H,2-4,7H2,1H3,(H,16,18). The van der Waals surface area contributed by atoms with Crippen molar-refractivity contribution in [2.75, 3.05) is 6.54 Å². The van der Waals surface area contributed by atoms with E-state index in [0.29, 0.717) is 17.6 Å². The van der Waals surface area contributed by atoms with Crippen LogP contribution in [0.25, 0.3) is 10.9 Å². The van der Waals surface area contributed by atoms with E-state index in [0.717, 1.165) is 24.8 Å². The van der Waals surface area contributed by atoms with E-state index in [1.807, 2.05) is 0 Å². The maximum Gasteiger partial charge on any atom is 0.267 e. The minimum atomic E-state index is -0.295. The number of carbonyl (C=O) groups excluding carboxylic acids is 1. The SMILES string of the molecule is CCCCCNC(=O)c1cc2cc(F)ccc2[nH]1. The molecule has 0 aliphatic heterocycles. The van der Waals surface area contributed by atoms with Gasteiger partial charge in [-0.2, -0.15) is 0 Å². The van der Waals surface area contributed by atoms with E-state index in [-0.39, 0.29) is 11.7 Å². The fraction of sp³-hybridized carbons (Fsp3) is 0.357. The van der Waals surface area contributed by atoms with Gasteiger partial charge in [-0.25, -0.2) is 4.39 Å². The third-order valence-electron chi connectivity index (χ3n) is 2.89. The molecule has 2 rings (SSSR count). The number of hydrogen-bond acceptors (Lipinski definition) is 1. The second kappa shape index (κ2) is 5.67. The highest BCUT2D eigenvalue weighted by Gasteiger charge is 2.08. The monoisotopic (exact) mass is 248 g/mol. The topological polar surface area (TPSA) is 44.9 Å². The number of halogens is 1. The third kappa shape index (κ3) is 2.88. The number of rotatable bonds is 5. The zero-order valence-corrected chi connectivity index (χ0v) is 10.4. The van der Waals surface area contributed by atoms with Crippen LogP contribution >= 0.6 is 0 Å². The largest absolute Gasteiger partial charge is 0.351 e. The lowest BCUT2D eigenvalue weighted by Crippen LogP contribution is -2.24. The molecule has 0 spiro atoms. The van der Waals surface area contributed by atoms with E-state index in [2.05, 4.69) is 17.2 Å². The number of fused-ring (bicyclic) bond motifs is 1. The normalized spacial score (nSPS) is 10.8. The molecule has 0 aliphatic rings. The lowest BCUT2D eigenvalue weighted by atomic mass is 10.2. The predicted molar refractivity (Wildman–Crippen MR) is 70.1 cm³/mol. The van der Waals surface area contributed by atoms with E-state index in [4.69, 9.17) is 0 Å². The summed E-state index contributed by atoms with van der Waals surface area (Å²) in [6, 6.07) is 6.10. The zero-order valence-electron chi connectivity index (χ0n) is 10.4. The summed E-state index contributed by atoms with van der Waals surface area (Å²) in [5.41, 5.74) is 1.25. The van der Waals surface area contributed by atoms with Gasteiger partial charge in [-0.05, 0) is 30.7 Å². The Balaban J connectivity index is 2.04. The first kappa shape index (κ1) is 12.6. The van der Waals surface area contributed by atoms with Gasteiger partial charge in [0, 0.05) is 17.4 Å². The summed E-state index contributed by atoms with van der Waals surface area (Å²) in [5.74, 6) is -0.431. The van der Waals surface area contributed by atoms with Crippen LogP contribution in [-0.4, -0.2) is 17.4 Å². The Labute approximate surface area is 105 Å². The number of benzene rings is 1. The van der Waals surface area contributed by atoms with Crippen LogP contribution in [0.5, 0.6) is 0 Å². The van der Waals surface area contributed by atoms with Crippen LogP contribution in [0.1, 0.15) is 36.7 Å². The number of unbranched alkanes of at least 4 members (excludes halogenated alkanes) is 2. The van der Waals surface area contributed by atoms with Gasteiger partial charge in [-0.15, -0.1) is 0 Å². The Morgan fingerprint density at radius 3 is 2.94 bits per heavy atom. The average molecular weight is 248 g/mol.